The molecule has 1 aromatic carbocycles. The second-order valence-electron chi connectivity index (χ2n) is 2.56. The van der Waals surface area contributed by atoms with E-state index in [-0.39, 0.29) is 5.84 Å². The van der Waals surface area contributed by atoms with Crippen LogP contribution >= 0.6 is 23.4 Å². The molecule has 0 aliphatic carbocycles. The van der Waals surface area contributed by atoms with Crippen LogP contribution in [0.25, 0.3) is 0 Å². The van der Waals surface area contributed by atoms with Crippen molar-refractivity contribution in [2.75, 3.05) is 5.75 Å². The highest BCUT2D eigenvalue weighted by molar-refractivity contribution is 7.99. The van der Waals surface area contributed by atoms with Crippen LogP contribution in [0.4, 0.5) is 0 Å². The lowest BCUT2D eigenvalue weighted by Crippen LogP contribution is -2.13. The molecule has 76 valence electrons. The second kappa shape index (κ2) is 5.12. The molecule has 1 aromatic rings. The number of amidine groups is 1. The zero-order valence-corrected chi connectivity index (χ0v) is 9.27. The maximum atomic E-state index is 8.48. The minimum Gasteiger partial charge on any atom is -0.409 e. The quantitative estimate of drug-likeness (QED) is 0.276. The van der Waals surface area contributed by atoms with Gasteiger partial charge in [-0.1, -0.05) is 23.7 Å². The standard InChI is InChI=1S/C9H11ClN2OS/c1-2-14-6-3-4-7(8(10)5-6)9(11)12-13/h3-5,13H,2H2,1H3,(H2,11,12). The Labute approximate surface area is 91.9 Å². The molecule has 0 aromatic heterocycles. The molecule has 0 fully saturated rings. The molecule has 0 bridgehead atoms. The van der Waals surface area contributed by atoms with Crippen molar-refractivity contribution >= 4 is 29.2 Å². The van der Waals surface area contributed by atoms with Gasteiger partial charge in [-0.05, 0) is 24.0 Å². The monoisotopic (exact) mass is 230 g/mol. The zero-order valence-electron chi connectivity index (χ0n) is 7.70. The minimum absolute atomic E-state index is 0.0306. The van der Waals surface area contributed by atoms with Gasteiger partial charge in [-0.15, -0.1) is 11.8 Å². The van der Waals surface area contributed by atoms with E-state index in [4.69, 9.17) is 22.5 Å². The Morgan fingerprint density at radius 2 is 2.36 bits per heavy atom. The highest BCUT2D eigenvalue weighted by Gasteiger charge is 2.05. The average molecular weight is 231 g/mol. The van der Waals surface area contributed by atoms with Crippen molar-refractivity contribution in [1.82, 2.24) is 0 Å². The van der Waals surface area contributed by atoms with Gasteiger partial charge in [0.15, 0.2) is 5.84 Å². The largest absolute Gasteiger partial charge is 0.409 e. The number of nitrogens with two attached hydrogens (primary N) is 1. The molecular weight excluding hydrogens is 220 g/mol. The number of hydrogen-bond acceptors (Lipinski definition) is 3. The first kappa shape index (κ1) is 11.2. The molecule has 0 saturated heterocycles. The maximum Gasteiger partial charge on any atom is 0.171 e. The van der Waals surface area contributed by atoms with Crippen molar-refractivity contribution in [2.45, 2.75) is 11.8 Å². The number of oxime groups is 1. The average Bonchev–Trinajstić information content (AvgIpc) is 2.17. The zero-order chi connectivity index (χ0) is 10.6. The molecular formula is C9H11ClN2OS. The molecule has 0 aliphatic rings. The van der Waals surface area contributed by atoms with E-state index in [0.29, 0.717) is 10.6 Å². The van der Waals surface area contributed by atoms with Crippen LogP contribution in [0.15, 0.2) is 28.3 Å². The predicted molar refractivity (Wildman–Crippen MR) is 60.4 cm³/mol. The maximum absolute atomic E-state index is 8.48. The molecule has 0 atom stereocenters. The molecule has 3 nitrogen and oxygen atoms in total. The summed E-state index contributed by atoms with van der Waals surface area (Å²) in [7, 11) is 0. The Hall–Kier alpha value is -0.870. The van der Waals surface area contributed by atoms with Crippen LogP contribution in [0.2, 0.25) is 5.02 Å². The van der Waals surface area contributed by atoms with E-state index >= 15 is 0 Å². The fourth-order valence-corrected chi connectivity index (χ4v) is 2.05. The van der Waals surface area contributed by atoms with Gasteiger partial charge in [0.25, 0.3) is 0 Å². The minimum atomic E-state index is 0.0306. The van der Waals surface area contributed by atoms with E-state index < -0.39 is 0 Å². The van der Waals surface area contributed by atoms with E-state index in [1.807, 2.05) is 12.1 Å². The van der Waals surface area contributed by atoms with E-state index in [9.17, 15) is 0 Å². The third-order valence-electron chi connectivity index (χ3n) is 1.64. The van der Waals surface area contributed by atoms with Gasteiger partial charge in [0.05, 0.1) is 5.02 Å². The summed E-state index contributed by atoms with van der Waals surface area (Å²) in [6.45, 7) is 2.07. The molecule has 5 heteroatoms. The van der Waals surface area contributed by atoms with Crippen LogP contribution in [-0.2, 0) is 0 Å². The van der Waals surface area contributed by atoms with Crippen LogP contribution in [-0.4, -0.2) is 16.8 Å². The van der Waals surface area contributed by atoms with Crippen molar-refractivity contribution in [2.24, 2.45) is 10.9 Å². The summed E-state index contributed by atoms with van der Waals surface area (Å²) >= 11 is 7.64. The topological polar surface area (TPSA) is 58.6 Å². The highest BCUT2D eigenvalue weighted by Crippen LogP contribution is 2.24. The fraction of sp³-hybridized carbons (Fsp3) is 0.222. The molecule has 1 rings (SSSR count). The molecule has 0 heterocycles. The number of halogens is 1. The summed E-state index contributed by atoms with van der Waals surface area (Å²) in [5, 5.41) is 11.9. The third kappa shape index (κ3) is 2.56. The Kier molecular flexibility index (Phi) is 4.10. The van der Waals surface area contributed by atoms with Crippen LogP contribution in [0.1, 0.15) is 12.5 Å². The smallest absolute Gasteiger partial charge is 0.171 e. The van der Waals surface area contributed by atoms with Crippen LogP contribution in [0.3, 0.4) is 0 Å². The molecule has 0 unspecified atom stereocenters. The van der Waals surface area contributed by atoms with E-state index in [1.54, 1.807) is 17.8 Å². The molecule has 0 aliphatic heterocycles. The van der Waals surface area contributed by atoms with E-state index in [1.165, 1.54) is 0 Å². The third-order valence-corrected chi connectivity index (χ3v) is 2.82. The summed E-state index contributed by atoms with van der Waals surface area (Å²) in [5.41, 5.74) is 5.98. The number of nitrogens with zero attached hydrogens (tertiary/aromatic N) is 1. The van der Waals surface area contributed by atoms with Gasteiger partial charge in [-0.25, -0.2) is 0 Å². The molecule has 14 heavy (non-hydrogen) atoms. The van der Waals surface area contributed by atoms with Crippen molar-refractivity contribution in [3.63, 3.8) is 0 Å². The highest BCUT2D eigenvalue weighted by atomic mass is 35.5. The summed E-state index contributed by atoms with van der Waals surface area (Å²) in [4.78, 5) is 1.08. The van der Waals surface area contributed by atoms with Gasteiger partial charge in [0, 0.05) is 10.5 Å². The SMILES string of the molecule is CCSc1ccc(C(N)=NO)c(Cl)c1. The molecule has 0 saturated carbocycles. The first-order valence-electron chi connectivity index (χ1n) is 4.09. The Balaban J connectivity index is 3.01. The summed E-state index contributed by atoms with van der Waals surface area (Å²) in [5.74, 6) is 1.02. The van der Waals surface area contributed by atoms with Crippen molar-refractivity contribution in [1.29, 1.82) is 0 Å². The van der Waals surface area contributed by atoms with E-state index in [0.717, 1.165) is 10.6 Å². The summed E-state index contributed by atoms with van der Waals surface area (Å²) in [6, 6.07) is 5.45. The Bertz CT molecular complexity index is 355. The predicted octanol–water partition coefficient (Wildman–Crippen LogP) is 2.55. The Morgan fingerprint density at radius 1 is 1.64 bits per heavy atom. The number of hydrogen-bond donors (Lipinski definition) is 2. The molecule has 0 spiro atoms. The molecule has 3 N–H and O–H groups in total. The first-order chi connectivity index (χ1) is 6.69. The number of thioether (sulfide) groups is 1. The lowest BCUT2D eigenvalue weighted by atomic mass is 10.2. The van der Waals surface area contributed by atoms with Gasteiger partial charge >= 0.3 is 0 Å². The molecule has 0 amide bonds. The second-order valence-corrected chi connectivity index (χ2v) is 4.30. The lowest BCUT2D eigenvalue weighted by molar-refractivity contribution is 0.318. The van der Waals surface area contributed by atoms with E-state index in [2.05, 4.69) is 12.1 Å². The number of benzene rings is 1. The summed E-state index contributed by atoms with van der Waals surface area (Å²) < 4.78 is 0. The van der Waals surface area contributed by atoms with Crippen LogP contribution in [0.5, 0.6) is 0 Å². The normalized spacial score (nSPS) is 11.7. The van der Waals surface area contributed by atoms with Gasteiger partial charge < -0.3 is 10.9 Å². The van der Waals surface area contributed by atoms with Crippen LogP contribution in [0, 0.1) is 0 Å². The van der Waals surface area contributed by atoms with Crippen LogP contribution < -0.4 is 5.73 Å². The first-order valence-corrected chi connectivity index (χ1v) is 5.45. The fourth-order valence-electron chi connectivity index (χ4n) is 1.01. The van der Waals surface area contributed by atoms with Gasteiger partial charge in [0.2, 0.25) is 0 Å². The van der Waals surface area contributed by atoms with Gasteiger partial charge in [0.1, 0.15) is 0 Å². The van der Waals surface area contributed by atoms with Crippen molar-refractivity contribution in [3.8, 4) is 0 Å². The van der Waals surface area contributed by atoms with Gasteiger partial charge in [-0.3, -0.25) is 0 Å². The van der Waals surface area contributed by atoms with Crippen molar-refractivity contribution in [3.05, 3.63) is 28.8 Å². The lowest BCUT2D eigenvalue weighted by Gasteiger charge is -2.04. The summed E-state index contributed by atoms with van der Waals surface area (Å²) in [6.07, 6.45) is 0. The van der Waals surface area contributed by atoms with Crippen molar-refractivity contribution < 1.29 is 5.21 Å². The van der Waals surface area contributed by atoms with Gasteiger partial charge in [-0.2, -0.15) is 0 Å². The Morgan fingerprint density at radius 3 is 2.86 bits per heavy atom. The number of rotatable bonds is 3. The molecule has 0 radical (unpaired) electrons.